The number of phenolic OH excluding ortho intramolecular Hbond substituents is 1. The molecule has 1 aliphatic rings. The smallest absolute Gasteiger partial charge is 0.257 e. The molecule has 0 unspecified atom stereocenters. The van der Waals surface area contributed by atoms with Crippen molar-refractivity contribution in [2.45, 2.75) is 6.42 Å². The lowest BCUT2D eigenvalue weighted by Gasteiger charge is -2.26. The first-order chi connectivity index (χ1) is 9.11. The molecule has 102 valence electrons. The first-order valence-corrected chi connectivity index (χ1v) is 6.85. The maximum atomic E-state index is 12.3. The summed E-state index contributed by atoms with van der Waals surface area (Å²) in [6, 6.07) is 4.92. The molecule has 4 nitrogen and oxygen atoms in total. The molecule has 0 atom stereocenters. The van der Waals surface area contributed by atoms with Crippen LogP contribution in [0.25, 0.3) is 0 Å². The van der Waals surface area contributed by atoms with E-state index in [1.807, 2.05) is 6.08 Å². The number of carbonyl (C=O) groups is 1. The third kappa shape index (κ3) is 3.36. The topological polar surface area (TPSA) is 49.8 Å². The van der Waals surface area contributed by atoms with E-state index in [0.29, 0.717) is 25.3 Å². The van der Waals surface area contributed by atoms with Crippen LogP contribution in [0.3, 0.4) is 0 Å². The zero-order chi connectivity index (χ0) is 13.8. The van der Waals surface area contributed by atoms with Gasteiger partial charge in [-0.15, -0.1) is 0 Å². The van der Waals surface area contributed by atoms with Crippen molar-refractivity contribution in [3.63, 3.8) is 0 Å². The normalized spacial score (nSPS) is 15.3. The summed E-state index contributed by atoms with van der Waals surface area (Å²) in [5, 5.41) is 9.82. The summed E-state index contributed by atoms with van der Waals surface area (Å²) < 4.78 is 5.83. The molecule has 0 saturated heterocycles. The fraction of sp³-hybridized carbons (Fsp3) is 0.357. The molecule has 0 aliphatic carbocycles. The van der Waals surface area contributed by atoms with Gasteiger partial charge in [0, 0.05) is 24.7 Å². The SMILES string of the molecule is COCC1=CCN(C(=O)c2ccc(Br)cc2O)CC1. The Morgan fingerprint density at radius 1 is 1.53 bits per heavy atom. The zero-order valence-corrected chi connectivity index (χ0v) is 12.3. The molecule has 0 bridgehead atoms. The van der Waals surface area contributed by atoms with Gasteiger partial charge in [0.05, 0.1) is 12.2 Å². The van der Waals surface area contributed by atoms with Gasteiger partial charge in [-0.05, 0) is 30.2 Å². The van der Waals surface area contributed by atoms with Gasteiger partial charge in [-0.25, -0.2) is 0 Å². The van der Waals surface area contributed by atoms with Crippen LogP contribution in [0.2, 0.25) is 0 Å². The van der Waals surface area contributed by atoms with Crippen molar-refractivity contribution in [1.82, 2.24) is 4.90 Å². The van der Waals surface area contributed by atoms with E-state index in [9.17, 15) is 9.90 Å². The van der Waals surface area contributed by atoms with Crippen molar-refractivity contribution in [3.8, 4) is 5.75 Å². The number of methoxy groups -OCH3 is 1. The molecule has 1 amide bonds. The molecule has 2 rings (SSSR count). The lowest BCUT2D eigenvalue weighted by atomic mass is 10.1. The lowest BCUT2D eigenvalue weighted by molar-refractivity contribution is 0.0762. The van der Waals surface area contributed by atoms with Crippen LogP contribution < -0.4 is 0 Å². The predicted molar refractivity (Wildman–Crippen MR) is 76.3 cm³/mol. The number of benzene rings is 1. The van der Waals surface area contributed by atoms with Gasteiger partial charge in [0.2, 0.25) is 0 Å². The lowest BCUT2D eigenvalue weighted by Crippen LogP contribution is -2.35. The average Bonchev–Trinajstić information content (AvgIpc) is 2.39. The van der Waals surface area contributed by atoms with Crippen LogP contribution in [0.1, 0.15) is 16.8 Å². The maximum absolute atomic E-state index is 12.3. The molecule has 1 aromatic carbocycles. The van der Waals surface area contributed by atoms with Crippen molar-refractivity contribution in [2.24, 2.45) is 0 Å². The Morgan fingerprint density at radius 3 is 2.89 bits per heavy atom. The van der Waals surface area contributed by atoms with E-state index in [-0.39, 0.29) is 11.7 Å². The third-order valence-corrected chi connectivity index (χ3v) is 3.60. The number of aromatic hydroxyl groups is 1. The van der Waals surface area contributed by atoms with Crippen LogP contribution in [0.4, 0.5) is 0 Å². The van der Waals surface area contributed by atoms with Gasteiger partial charge in [0.15, 0.2) is 0 Å². The van der Waals surface area contributed by atoms with Crippen LogP contribution in [-0.4, -0.2) is 42.7 Å². The zero-order valence-electron chi connectivity index (χ0n) is 10.7. The standard InChI is InChI=1S/C14H16BrNO3/c1-19-9-10-4-6-16(7-5-10)14(18)12-3-2-11(15)8-13(12)17/h2-4,8,17H,5-7,9H2,1H3. The first-order valence-electron chi connectivity index (χ1n) is 6.06. The minimum absolute atomic E-state index is 0.00560. The number of halogens is 1. The van der Waals surface area contributed by atoms with Crippen molar-refractivity contribution in [1.29, 1.82) is 0 Å². The minimum Gasteiger partial charge on any atom is -0.507 e. The number of rotatable bonds is 3. The molecule has 0 saturated carbocycles. The number of phenols is 1. The summed E-state index contributed by atoms with van der Waals surface area (Å²) in [7, 11) is 1.66. The molecule has 1 aromatic rings. The molecule has 0 radical (unpaired) electrons. The second kappa shape index (κ2) is 6.21. The van der Waals surface area contributed by atoms with Crippen LogP contribution in [0.5, 0.6) is 5.75 Å². The van der Waals surface area contributed by atoms with E-state index in [1.165, 1.54) is 11.6 Å². The summed E-state index contributed by atoms with van der Waals surface area (Å²) in [5.74, 6) is -0.135. The second-order valence-electron chi connectivity index (χ2n) is 4.46. The summed E-state index contributed by atoms with van der Waals surface area (Å²) in [6.45, 7) is 1.84. The summed E-state index contributed by atoms with van der Waals surface area (Å²) in [4.78, 5) is 14.0. The molecule has 1 heterocycles. The number of amides is 1. The number of hydrogen-bond acceptors (Lipinski definition) is 3. The number of nitrogens with zero attached hydrogens (tertiary/aromatic N) is 1. The van der Waals surface area contributed by atoms with E-state index >= 15 is 0 Å². The van der Waals surface area contributed by atoms with Crippen molar-refractivity contribution >= 4 is 21.8 Å². The molecule has 19 heavy (non-hydrogen) atoms. The highest BCUT2D eigenvalue weighted by Gasteiger charge is 2.21. The fourth-order valence-electron chi connectivity index (χ4n) is 2.07. The molecule has 0 aromatic heterocycles. The Bertz CT molecular complexity index is 513. The number of ether oxygens (including phenoxy) is 1. The van der Waals surface area contributed by atoms with Gasteiger partial charge in [0.25, 0.3) is 5.91 Å². The monoisotopic (exact) mass is 325 g/mol. The van der Waals surface area contributed by atoms with Crippen molar-refractivity contribution < 1.29 is 14.6 Å². The van der Waals surface area contributed by atoms with Gasteiger partial charge in [-0.1, -0.05) is 22.0 Å². The number of carbonyl (C=O) groups excluding carboxylic acids is 1. The molecule has 0 spiro atoms. The third-order valence-electron chi connectivity index (χ3n) is 3.11. The van der Waals surface area contributed by atoms with Gasteiger partial charge in [-0.3, -0.25) is 4.79 Å². The number of hydrogen-bond donors (Lipinski definition) is 1. The highest BCUT2D eigenvalue weighted by Crippen LogP contribution is 2.24. The Balaban J connectivity index is 2.09. The van der Waals surface area contributed by atoms with Gasteiger partial charge < -0.3 is 14.7 Å². The first kappa shape index (κ1) is 14.1. The van der Waals surface area contributed by atoms with E-state index in [2.05, 4.69) is 15.9 Å². The fourth-order valence-corrected chi connectivity index (χ4v) is 2.42. The quantitative estimate of drug-likeness (QED) is 0.869. The van der Waals surface area contributed by atoms with E-state index < -0.39 is 0 Å². The highest BCUT2D eigenvalue weighted by molar-refractivity contribution is 9.10. The minimum atomic E-state index is -0.141. The van der Waals surface area contributed by atoms with E-state index in [0.717, 1.165) is 10.9 Å². The van der Waals surface area contributed by atoms with Crippen LogP contribution in [0.15, 0.2) is 34.3 Å². The van der Waals surface area contributed by atoms with Crippen molar-refractivity contribution in [3.05, 3.63) is 39.9 Å². The Hall–Kier alpha value is -1.33. The summed E-state index contributed by atoms with van der Waals surface area (Å²) >= 11 is 3.26. The second-order valence-corrected chi connectivity index (χ2v) is 5.37. The van der Waals surface area contributed by atoms with Gasteiger partial charge in [0.1, 0.15) is 5.75 Å². The predicted octanol–water partition coefficient (Wildman–Crippen LogP) is 2.57. The van der Waals surface area contributed by atoms with E-state index in [4.69, 9.17) is 4.74 Å². The average molecular weight is 326 g/mol. The molecular formula is C14H16BrNO3. The summed E-state index contributed by atoms with van der Waals surface area (Å²) in [6.07, 6.45) is 2.83. The van der Waals surface area contributed by atoms with Crippen LogP contribution >= 0.6 is 15.9 Å². The summed E-state index contributed by atoms with van der Waals surface area (Å²) in [5.41, 5.74) is 1.55. The van der Waals surface area contributed by atoms with Crippen LogP contribution in [-0.2, 0) is 4.74 Å². The molecule has 5 heteroatoms. The highest BCUT2D eigenvalue weighted by atomic mass is 79.9. The van der Waals surface area contributed by atoms with Crippen LogP contribution in [0, 0.1) is 0 Å². The Morgan fingerprint density at radius 2 is 2.32 bits per heavy atom. The Kier molecular flexibility index (Phi) is 4.61. The molecule has 1 N–H and O–H groups in total. The van der Waals surface area contributed by atoms with Gasteiger partial charge in [-0.2, -0.15) is 0 Å². The largest absolute Gasteiger partial charge is 0.507 e. The maximum Gasteiger partial charge on any atom is 0.257 e. The molecule has 1 aliphatic heterocycles. The molecular weight excluding hydrogens is 310 g/mol. The van der Waals surface area contributed by atoms with E-state index in [1.54, 1.807) is 24.1 Å². The van der Waals surface area contributed by atoms with Gasteiger partial charge >= 0.3 is 0 Å². The molecule has 0 fully saturated rings. The van der Waals surface area contributed by atoms with Crippen molar-refractivity contribution in [2.75, 3.05) is 26.8 Å². The Labute approximate surface area is 120 Å².